The molecule has 0 bridgehead atoms. The predicted molar refractivity (Wildman–Crippen MR) is 128 cm³/mol. The monoisotopic (exact) mass is 458 g/mol. The summed E-state index contributed by atoms with van der Waals surface area (Å²) in [5.74, 6) is -0.769. The van der Waals surface area contributed by atoms with Crippen molar-refractivity contribution in [3.63, 3.8) is 0 Å². The first-order chi connectivity index (χ1) is 15.4. The molecule has 32 heavy (non-hydrogen) atoms. The second kappa shape index (κ2) is 11.8. The molecule has 3 rings (SSSR count). The number of benzene rings is 2. The first-order valence-corrected chi connectivity index (χ1v) is 12.3. The van der Waals surface area contributed by atoms with Crippen LogP contribution in [0.4, 0.5) is 0 Å². The number of unbranched alkanes of at least 4 members (excludes halogenated alkanes) is 2. The van der Waals surface area contributed by atoms with Crippen LogP contribution in [0.15, 0.2) is 48.5 Å². The summed E-state index contributed by atoms with van der Waals surface area (Å²) in [4.78, 5) is 11.2. The molecule has 1 aliphatic carbocycles. The molecule has 4 nitrogen and oxygen atoms in total. The number of rotatable bonds is 11. The zero-order valence-corrected chi connectivity index (χ0v) is 19.5. The third-order valence-corrected chi connectivity index (χ3v) is 7.27. The molecule has 1 fully saturated rings. The van der Waals surface area contributed by atoms with Crippen LogP contribution in [0, 0.1) is 5.92 Å². The van der Waals surface area contributed by atoms with Crippen LogP contribution in [0.5, 0.6) is 0 Å². The van der Waals surface area contributed by atoms with Crippen LogP contribution < -0.4 is 0 Å². The van der Waals surface area contributed by atoms with Gasteiger partial charge in [-0.2, -0.15) is 0 Å². The highest BCUT2D eigenvalue weighted by atomic mass is 35.5. The fourth-order valence-corrected chi connectivity index (χ4v) is 5.45. The van der Waals surface area contributed by atoms with Gasteiger partial charge < -0.3 is 15.3 Å². The van der Waals surface area contributed by atoms with Crippen molar-refractivity contribution in [2.75, 3.05) is 0 Å². The summed E-state index contributed by atoms with van der Waals surface area (Å²) >= 11 is 6.64. The van der Waals surface area contributed by atoms with Crippen LogP contribution in [-0.2, 0) is 6.42 Å². The summed E-state index contributed by atoms with van der Waals surface area (Å²) in [7, 11) is 0. The van der Waals surface area contributed by atoms with Gasteiger partial charge in [-0.3, -0.25) is 0 Å². The normalized spacial score (nSPS) is 23.9. The van der Waals surface area contributed by atoms with Gasteiger partial charge in [0.15, 0.2) is 0 Å². The van der Waals surface area contributed by atoms with Crippen molar-refractivity contribution in [1.82, 2.24) is 0 Å². The fraction of sp³-hybridized carbons (Fsp3) is 0.519. The van der Waals surface area contributed by atoms with E-state index in [0.717, 1.165) is 61.6 Å². The van der Waals surface area contributed by atoms with Crippen molar-refractivity contribution in [2.24, 2.45) is 5.92 Å². The number of halogens is 1. The highest BCUT2D eigenvalue weighted by Crippen LogP contribution is 2.45. The summed E-state index contributed by atoms with van der Waals surface area (Å²) in [6, 6.07) is 15.1. The summed E-state index contributed by atoms with van der Waals surface area (Å²) < 4.78 is 0. The van der Waals surface area contributed by atoms with Crippen LogP contribution in [0.25, 0.3) is 0 Å². The molecule has 2 aromatic carbocycles. The van der Waals surface area contributed by atoms with Gasteiger partial charge in [-0.05, 0) is 66.8 Å². The fourth-order valence-electron chi connectivity index (χ4n) is 4.99. The molecule has 1 saturated carbocycles. The van der Waals surface area contributed by atoms with Crippen LogP contribution in [-0.4, -0.2) is 32.8 Å². The van der Waals surface area contributed by atoms with E-state index >= 15 is 0 Å². The molecule has 0 spiro atoms. The van der Waals surface area contributed by atoms with E-state index in [1.165, 1.54) is 0 Å². The predicted octanol–water partition coefficient (Wildman–Crippen LogP) is 6.09. The zero-order valence-electron chi connectivity index (χ0n) is 18.8. The van der Waals surface area contributed by atoms with Gasteiger partial charge in [0.05, 0.1) is 17.8 Å². The average Bonchev–Trinajstić information content (AvgIpc) is 3.07. The van der Waals surface area contributed by atoms with E-state index in [0.29, 0.717) is 12.0 Å². The van der Waals surface area contributed by atoms with Gasteiger partial charge in [0.1, 0.15) is 0 Å². The van der Waals surface area contributed by atoms with E-state index < -0.39 is 18.2 Å². The number of aliphatic hydroxyl groups is 2. The molecule has 3 N–H and O–H groups in total. The maximum Gasteiger partial charge on any atom is 0.335 e. The van der Waals surface area contributed by atoms with Gasteiger partial charge in [0.2, 0.25) is 0 Å². The van der Waals surface area contributed by atoms with E-state index in [2.05, 4.69) is 6.92 Å². The lowest BCUT2D eigenvalue weighted by molar-refractivity contribution is 0.0696. The van der Waals surface area contributed by atoms with Crippen molar-refractivity contribution in [3.05, 3.63) is 70.8 Å². The molecule has 5 atom stereocenters. The molecule has 5 heteroatoms. The minimum atomic E-state index is -0.911. The van der Waals surface area contributed by atoms with Crippen molar-refractivity contribution in [2.45, 2.75) is 81.8 Å². The van der Waals surface area contributed by atoms with Gasteiger partial charge in [-0.15, -0.1) is 11.6 Å². The molecule has 2 unspecified atom stereocenters. The van der Waals surface area contributed by atoms with Crippen LogP contribution in [0.1, 0.15) is 90.9 Å². The number of carboxylic acids is 1. The molecule has 174 valence electrons. The highest BCUT2D eigenvalue weighted by Gasteiger charge is 2.41. The quantitative estimate of drug-likeness (QED) is 0.281. The summed E-state index contributed by atoms with van der Waals surface area (Å²) in [6.45, 7) is 2.15. The van der Waals surface area contributed by atoms with E-state index in [1.54, 1.807) is 18.2 Å². The minimum absolute atomic E-state index is 0.0193. The number of carbonyl (C=O) groups is 1. The van der Waals surface area contributed by atoms with E-state index in [1.807, 2.05) is 30.3 Å². The van der Waals surface area contributed by atoms with Crippen molar-refractivity contribution < 1.29 is 20.1 Å². The minimum Gasteiger partial charge on any atom is -0.478 e. The maximum absolute atomic E-state index is 11.2. The molecular weight excluding hydrogens is 424 g/mol. The Hall–Kier alpha value is -1.88. The number of aliphatic hydroxyl groups excluding tert-OH is 2. The van der Waals surface area contributed by atoms with Gasteiger partial charge in [0.25, 0.3) is 0 Å². The molecular formula is C27H35ClO4. The smallest absolute Gasteiger partial charge is 0.335 e. The molecule has 0 amide bonds. The molecule has 0 heterocycles. The standard InChI is InChI=1S/C27H35ClO4/c1-2-3-4-11-24(29)19-12-14-20(15-13-19)26-22(23(28)17-25(26)30)10-6-8-18-7-5-9-21(16-18)27(31)32/h5,7,9,12-16,22-26,29-30H,2-4,6,8,10-11,17H2,1H3,(H,31,32)/t22?,23-,24?,25-,26-/m1/s1. The lowest BCUT2D eigenvalue weighted by atomic mass is 9.83. The third-order valence-electron chi connectivity index (χ3n) is 6.77. The number of alkyl halides is 1. The summed E-state index contributed by atoms with van der Waals surface area (Å²) in [5, 5.41) is 30.2. The number of aryl methyl sites for hydroxylation is 1. The number of hydrogen-bond donors (Lipinski definition) is 3. The third kappa shape index (κ3) is 6.34. The Morgan fingerprint density at radius 1 is 1.12 bits per heavy atom. The summed E-state index contributed by atoms with van der Waals surface area (Å²) in [5.41, 5.74) is 3.31. The molecule has 2 aromatic rings. The van der Waals surface area contributed by atoms with Crippen LogP contribution in [0.2, 0.25) is 0 Å². The Morgan fingerprint density at radius 3 is 2.56 bits per heavy atom. The molecule has 1 aliphatic rings. The first-order valence-electron chi connectivity index (χ1n) is 11.8. The second-order valence-electron chi connectivity index (χ2n) is 9.08. The highest BCUT2D eigenvalue weighted by molar-refractivity contribution is 6.21. The first kappa shape index (κ1) is 24.8. The molecule has 0 radical (unpaired) electrons. The van der Waals surface area contributed by atoms with E-state index in [-0.39, 0.29) is 17.2 Å². The Bertz CT molecular complexity index is 866. The lowest BCUT2D eigenvalue weighted by Gasteiger charge is -2.24. The van der Waals surface area contributed by atoms with Gasteiger partial charge in [0, 0.05) is 11.3 Å². The Labute approximate surface area is 196 Å². The van der Waals surface area contributed by atoms with E-state index in [4.69, 9.17) is 11.6 Å². The molecule has 0 aromatic heterocycles. The molecule has 0 saturated heterocycles. The topological polar surface area (TPSA) is 77.8 Å². The lowest BCUT2D eigenvalue weighted by Crippen LogP contribution is -2.19. The van der Waals surface area contributed by atoms with Crippen molar-refractivity contribution >= 4 is 17.6 Å². The second-order valence-corrected chi connectivity index (χ2v) is 9.65. The number of hydrogen-bond acceptors (Lipinski definition) is 3. The average molecular weight is 459 g/mol. The van der Waals surface area contributed by atoms with Crippen molar-refractivity contribution in [1.29, 1.82) is 0 Å². The van der Waals surface area contributed by atoms with Gasteiger partial charge in [-0.1, -0.05) is 62.6 Å². The molecule has 0 aliphatic heterocycles. The van der Waals surface area contributed by atoms with Crippen LogP contribution >= 0.6 is 11.6 Å². The zero-order chi connectivity index (χ0) is 23.1. The SMILES string of the molecule is CCCCCC(O)c1ccc([C@@H]2C(CCCc3cccc(C(=O)O)c3)[C@H](Cl)C[C@H]2O)cc1. The van der Waals surface area contributed by atoms with E-state index in [9.17, 15) is 20.1 Å². The van der Waals surface area contributed by atoms with Gasteiger partial charge >= 0.3 is 5.97 Å². The Morgan fingerprint density at radius 2 is 1.88 bits per heavy atom. The van der Waals surface area contributed by atoms with Gasteiger partial charge in [-0.25, -0.2) is 4.79 Å². The summed E-state index contributed by atoms with van der Waals surface area (Å²) in [6.07, 6.45) is 6.25. The van der Waals surface area contributed by atoms with Crippen molar-refractivity contribution in [3.8, 4) is 0 Å². The number of carboxylic acid groups (broad SMARTS) is 1. The maximum atomic E-state index is 11.2. The number of aromatic carboxylic acids is 1. The Kier molecular flexibility index (Phi) is 9.15. The van der Waals surface area contributed by atoms with Crippen LogP contribution in [0.3, 0.4) is 0 Å². The largest absolute Gasteiger partial charge is 0.478 e. The Balaban J connectivity index is 1.62.